The minimum Gasteiger partial charge on any atom is -0.314 e. The topological polar surface area (TPSA) is 63.1 Å². The molecule has 0 fully saturated rings. The summed E-state index contributed by atoms with van der Waals surface area (Å²) in [5, 5.41) is 6.51. The van der Waals surface area contributed by atoms with Gasteiger partial charge < -0.3 is 4.90 Å². The van der Waals surface area contributed by atoms with E-state index in [-0.39, 0.29) is 29.1 Å². The Kier molecular flexibility index (Phi) is 4.91. The molecule has 0 bridgehead atoms. The van der Waals surface area contributed by atoms with Gasteiger partial charge in [0, 0.05) is 17.2 Å². The van der Waals surface area contributed by atoms with Crippen molar-refractivity contribution in [3.8, 4) is 11.1 Å². The molecule has 1 atom stereocenters. The van der Waals surface area contributed by atoms with E-state index in [0.29, 0.717) is 17.8 Å². The number of carbonyl (C=O) groups excluding carboxylic acids is 1. The molecule has 0 radical (unpaired) electrons. The zero-order chi connectivity index (χ0) is 20.7. The molecule has 1 aliphatic heterocycles. The predicted octanol–water partition coefficient (Wildman–Crippen LogP) is 4.45. The van der Waals surface area contributed by atoms with E-state index in [0.717, 1.165) is 12.1 Å². The zero-order valence-corrected chi connectivity index (χ0v) is 15.9. The monoisotopic (exact) mass is 421 g/mol. The van der Waals surface area contributed by atoms with Crippen LogP contribution >= 0.6 is 11.6 Å². The van der Waals surface area contributed by atoms with Crippen molar-refractivity contribution in [3.05, 3.63) is 64.8 Å². The van der Waals surface area contributed by atoms with E-state index >= 15 is 0 Å². The highest BCUT2D eigenvalue weighted by atomic mass is 35.5. The summed E-state index contributed by atoms with van der Waals surface area (Å²) in [6.45, 7) is 2.38. The van der Waals surface area contributed by atoms with Gasteiger partial charge in [-0.3, -0.25) is 10.00 Å². The Morgan fingerprint density at radius 2 is 1.97 bits per heavy atom. The van der Waals surface area contributed by atoms with Crippen LogP contribution in [0.1, 0.15) is 12.6 Å². The highest BCUT2D eigenvalue weighted by Crippen LogP contribution is 2.31. The number of urea groups is 1. The number of anilines is 1. The number of pyridine rings is 1. The first-order valence-electron chi connectivity index (χ1n) is 8.73. The number of nitrogens with one attached hydrogen (secondary N) is 1. The maximum absolute atomic E-state index is 14.3. The highest BCUT2D eigenvalue weighted by Gasteiger charge is 2.30. The summed E-state index contributed by atoms with van der Waals surface area (Å²) in [7, 11) is 0. The smallest absolute Gasteiger partial charge is 0.314 e. The van der Waals surface area contributed by atoms with Crippen molar-refractivity contribution < 1.29 is 18.0 Å². The third kappa shape index (κ3) is 3.65. The lowest BCUT2D eigenvalue weighted by atomic mass is 10.0. The number of halogens is 4. The number of carbonyl (C=O) groups is 1. The summed E-state index contributed by atoms with van der Waals surface area (Å²) >= 11 is 5.65. The largest absolute Gasteiger partial charge is 0.323 e. The van der Waals surface area contributed by atoms with Crippen LogP contribution in [0.2, 0.25) is 5.15 Å². The number of benzene rings is 1. The second-order valence-corrected chi connectivity index (χ2v) is 7.05. The fourth-order valence-electron chi connectivity index (χ4n) is 3.27. The molecule has 1 aliphatic rings. The molecule has 3 heterocycles. The van der Waals surface area contributed by atoms with Gasteiger partial charge in [0.1, 0.15) is 17.5 Å². The first kappa shape index (κ1) is 19.3. The first-order chi connectivity index (χ1) is 13.8. The van der Waals surface area contributed by atoms with Crippen LogP contribution in [0.3, 0.4) is 0 Å². The van der Waals surface area contributed by atoms with Crippen molar-refractivity contribution in [1.82, 2.24) is 19.7 Å². The molecule has 6 nitrogen and oxygen atoms in total. The van der Waals surface area contributed by atoms with Crippen LogP contribution in [0.4, 0.5) is 23.8 Å². The minimum atomic E-state index is -0.708. The summed E-state index contributed by atoms with van der Waals surface area (Å²) in [6.07, 6.45) is 1.50. The van der Waals surface area contributed by atoms with Gasteiger partial charge in [-0.1, -0.05) is 11.6 Å². The normalized spacial score (nSPS) is 15.9. The highest BCUT2D eigenvalue weighted by molar-refractivity contribution is 6.29. The lowest BCUT2D eigenvalue weighted by molar-refractivity contribution is 0.161. The molecule has 29 heavy (non-hydrogen) atoms. The Labute approximate surface area is 168 Å². The summed E-state index contributed by atoms with van der Waals surface area (Å²) in [5.41, 5.74) is 1.30. The fraction of sp³-hybridized carbons (Fsp3) is 0.211. The van der Waals surface area contributed by atoms with Crippen molar-refractivity contribution in [2.24, 2.45) is 0 Å². The molecule has 1 N–H and O–H groups in total. The molecule has 0 aliphatic carbocycles. The molecule has 0 saturated carbocycles. The first-order valence-corrected chi connectivity index (χ1v) is 9.11. The summed E-state index contributed by atoms with van der Waals surface area (Å²) < 4.78 is 42.5. The van der Waals surface area contributed by atoms with Gasteiger partial charge >= 0.3 is 6.03 Å². The number of aromatic nitrogens is 3. The van der Waals surface area contributed by atoms with Gasteiger partial charge in [-0.15, -0.1) is 0 Å². The molecule has 0 spiro atoms. The molecule has 4 rings (SSSR count). The number of hydrogen-bond acceptors (Lipinski definition) is 3. The Hall–Kier alpha value is -3.07. The van der Waals surface area contributed by atoms with E-state index in [2.05, 4.69) is 15.4 Å². The summed E-state index contributed by atoms with van der Waals surface area (Å²) in [6, 6.07) is 5.04. The van der Waals surface area contributed by atoms with Crippen LogP contribution in [-0.2, 0) is 13.1 Å². The Morgan fingerprint density at radius 3 is 2.69 bits per heavy atom. The number of fused-ring (bicyclic) bond motifs is 1. The number of rotatable bonds is 2. The average Bonchev–Trinajstić information content (AvgIpc) is 3.06. The van der Waals surface area contributed by atoms with Crippen molar-refractivity contribution in [1.29, 1.82) is 0 Å². The van der Waals surface area contributed by atoms with Gasteiger partial charge in [0.15, 0.2) is 11.0 Å². The van der Waals surface area contributed by atoms with Crippen LogP contribution in [0.25, 0.3) is 11.1 Å². The maximum atomic E-state index is 14.3. The summed E-state index contributed by atoms with van der Waals surface area (Å²) in [4.78, 5) is 18.1. The van der Waals surface area contributed by atoms with E-state index in [9.17, 15) is 18.0 Å². The second kappa shape index (κ2) is 7.40. The van der Waals surface area contributed by atoms with Gasteiger partial charge in [-0.2, -0.15) is 5.10 Å². The predicted molar refractivity (Wildman–Crippen MR) is 101 cm³/mol. The molecule has 10 heteroatoms. The van der Waals surface area contributed by atoms with Crippen LogP contribution < -0.4 is 5.32 Å². The number of nitrogens with zero attached hydrogens (tertiary/aromatic N) is 4. The van der Waals surface area contributed by atoms with Crippen molar-refractivity contribution in [2.45, 2.75) is 26.1 Å². The van der Waals surface area contributed by atoms with Gasteiger partial charge in [0.25, 0.3) is 0 Å². The molecule has 1 aromatic carbocycles. The molecular formula is C19H15ClF3N5O. The van der Waals surface area contributed by atoms with Crippen LogP contribution in [0.15, 0.2) is 36.5 Å². The van der Waals surface area contributed by atoms with E-state index in [4.69, 9.17) is 11.6 Å². The Balaban J connectivity index is 1.61. The zero-order valence-electron chi connectivity index (χ0n) is 15.2. The van der Waals surface area contributed by atoms with Crippen LogP contribution in [0.5, 0.6) is 0 Å². The van der Waals surface area contributed by atoms with Crippen LogP contribution in [-0.4, -0.2) is 31.7 Å². The Morgan fingerprint density at radius 1 is 1.17 bits per heavy atom. The van der Waals surface area contributed by atoms with E-state index in [1.807, 2.05) is 6.92 Å². The number of amides is 2. The fourth-order valence-corrected chi connectivity index (χ4v) is 3.43. The molecule has 0 saturated heterocycles. The standard InChI is InChI=1S/C19H15ClF3N5O/c1-10-8-28-16(13(7-24-28)12-3-2-11(21)6-15(12)23)9-27(10)19(29)26-17-5-4-14(22)18(20)25-17/h2-7,10H,8-9H2,1H3,(H,25,26,29). The maximum Gasteiger partial charge on any atom is 0.323 e. The lowest BCUT2D eigenvalue weighted by Crippen LogP contribution is -2.47. The quantitative estimate of drug-likeness (QED) is 0.622. The average molecular weight is 422 g/mol. The SMILES string of the molecule is CC1Cn2ncc(-c3ccc(F)cc3F)c2CN1C(=O)Nc1ccc(F)c(Cl)n1. The summed E-state index contributed by atoms with van der Waals surface area (Å²) in [5.74, 6) is -1.96. The van der Waals surface area contributed by atoms with E-state index < -0.39 is 23.5 Å². The molecule has 3 aromatic rings. The van der Waals surface area contributed by atoms with Crippen molar-refractivity contribution >= 4 is 23.4 Å². The number of hydrogen-bond donors (Lipinski definition) is 1. The van der Waals surface area contributed by atoms with Crippen molar-refractivity contribution in [3.63, 3.8) is 0 Å². The van der Waals surface area contributed by atoms with Crippen LogP contribution in [0, 0.1) is 17.5 Å². The van der Waals surface area contributed by atoms with Gasteiger partial charge in [0.2, 0.25) is 0 Å². The molecule has 1 unspecified atom stereocenters. The molecular weight excluding hydrogens is 407 g/mol. The van der Waals surface area contributed by atoms with E-state index in [1.165, 1.54) is 29.3 Å². The lowest BCUT2D eigenvalue weighted by Gasteiger charge is -2.34. The van der Waals surface area contributed by atoms with Gasteiger partial charge in [0.05, 0.1) is 31.0 Å². The molecule has 2 aromatic heterocycles. The third-order valence-corrected chi connectivity index (χ3v) is 5.02. The Bertz CT molecular complexity index is 1100. The van der Waals surface area contributed by atoms with Gasteiger partial charge in [-0.05, 0) is 31.2 Å². The molecule has 2 amide bonds. The van der Waals surface area contributed by atoms with E-state index in [1.54, 1.807) is 4.68 Å². The molecule has 150 valence electrons. The second-order valence-electron chi connectivity index (χ2n) is 6.69. The van der Waals surface area contributed by atoms with Crippen molar-refractivity contribution in [2.75, 3.05) is 5.32 Å². The minimum absolute atomic E-state index is 0.109. The van der Waals surface area contributed by atoms with Gasteiger partial charge in [-0.25, -0.2) is 22.9 Å². The third-order valence-electron chi connectivity index (χ3n) is 4.76.